The molecule has 2 heterocycles. The van der Waals surface area contributed by atoms with Gasteiger partial charge in [0.15, 0.2) is 0 Å². The number of hydrogen-bond donors (Lipinski definition) is 1. The molecular weight excluding hydrogens is 270 g/mol. The summed E-state index contributed by atoms with van der Waals surface area (Å²) in [6, 6.07) is 6.09. The summed E-state index contributed by atoms with van der Waals surface area (Å²) in [5.74, 6) is 1.25. The first-order valence-electron chi connectivity index (χ1n) is 7.11. The Balaban J connectivity index is 1.71. The van der Waals surface area contributed by atoms with Crippen LogP contribution in [-0.2, 0) is 23.1 Å². The van der Waals surface area contributed by atoms with Crippen molar-refractivity contribution < 1.29 is 14.1 Å². The van der Waals surface area contributed by atoms with Crippen molar-refractivity contribution in [3.63, 3.8) is 0 Å². The predicted octanol–water partition coefficient (Wildman–Crippen LogP) is 2.18. The standard InChI is InChI=1S/C15H15N3O3/c1-2-12-16-13(18-21-12)10-3-4-11-9(7-10)5-6-15(11)8-20-14(19)17-15/h3-4,7H,2,5-6,8H2,1H3,(H,17,19)/t15-/m0/s1. The molecule has 4 rings (SSSR count). The molecule has 1 spiro atoms. The molecular formula is C15H15N3O3. The maximum Gasteiger partial charge on any atom is 0.408 e. The van der Waals surface area contributed by atoms with Crippen LogP contribution in [0.1, 0.15) is 30.4 Å². The molecule has 1 atom stereocenters. The van der Waals surface area contributed by atoms with E-state index < -0.39 is 0 Å². The van der Waals surface area contributed by atoms with Gasteiger partial charge in [0.1, 0.15) is 12.1 Å². The van der Waals surface area contributed by atoms with Gasteiger partial charge in [-0.1, -0.05) is 24.2 Å². The molecule has 108 valence electrons. The minimum atomic E-state index is -0.350. The van der Waals surface area contributed by atoms with Crippen LogP contribution in [0, 0.1) is 0 Å². The lowest BCUT2D eigenvalue weighted by atomic mass is 9.93. The summed E-state index contributed by atoms with van der Waals surface area (Å²) in [6.07, 6.45) is 2.16. The Hall–Kier alpha value is -2.37. The maximum atomic E-state index is 11.4. The fraction of sp³-hybridized carbons (Fsp3) is 0.400. The number of cyclic esters (lactones) is 1. The summed E-state index contributed by atoms with van der Waals surface area (Å²) >= 11 is 0. The van der Waals surface area contributed by atoms with E-state index in [1.165, 1.54) is 5.56 Å². The van der Waals surface area contributed by atoms with Crippen LogP contribution in [0.4, 0.5) is 4.79 Å². The molecule has 0 bridgehead atoms. The minimum Gasteiger partial charge on any atom is -0.447 e. The molecule has 1 aromatic carbocycles. The zero-order valence-electron chi connectivity index (χ0n) is 11.7. The second-order valence-electron chi connectivity index (χ2n) is 5.52. The normalized spacial score (nSPS) is 23.2. The third kappa shape index (κ3) is 1.82. The molecule has 0 saturated carbocycles. The Morgan fingerprint density at radius 2 is 2.33 bits per heavy atom. The summed E-state index contributed by atoms with van der Waals surface area (Å²) in [5.41, 5.74) is 2.94. The molecule has 2 aliphatic rings. The molecule has 1 amide bonds. The Bertz CT molecular complexity index is 725. The molecule has 0 unspecified atom stereocenters. The zero-order chi connectivity index (χ0) is 14.4. The number of benzene rings is 1. The number of ether oxygens (including phenoxy) is 1. The van der Waals surface area contributed by atoms with Gasteiger partial charge in [-0.15, -0.1) is 0 Å². The summed E-state index contributed by atoms with van der Waals surface area (Å²) in [4.78, 5) is 15.7. The number of carbonyl (C=O) groups excluding carboxylic acids is 1. The molecule has 2 aromatic rings. The van der Waals surface area contributed by atoms with Crippen LogP contribution in [0.5, 0.6) is 0 Å². The third-order valence-corrected chi connectivity index (χ3v) is 4.26. The summed E-state index contributed by atoms with van der Waals surface area (Å²) in [7, 11) is 0. The fourth-order valence-corrected chi connectivity index (χ4v) is 3.14. The number of rotatable bonds is 2. The van der Waals surface area contributed by atoms with Gasteiger partial charge < -0.3 is 14.6 Å². The Labute approximate surface area is 121 Å². The van der Waals surface area contributed by atoms with E-state index in [9.17, 15) is 4.79 Å². The lowest BCUT2D eigenvalue weighted by Gasteiger charge is -2.21. The monoisotopic (exact) mass is 285 g/mol. The SMILES string of the molecule is CCc1nc(-c2ccc3c(c2)CC[C@]32COC(=O)N2)no1. The molecule has 1 saturated heterocycles. The number of carbonyl (C=O) groups is 1. The highest BCUT2D eigenvalue weighted by Crippen LogP contribution is 2.40. The average Bonchev–Trinajstić information content (AvgIpc) is 3.19. The van der Waals surface area contributed by atoms with Crippen LogP contribution >= 0.6 is 0 Å². The lowest BCUT2D eigenvalue weighted by Crippen LogP contribution is -2.38. The van der Waals surface area contributed by atoms with Crippen LogP contribution < -0.4 is 5.32 Å². The largest absolute Gasteiger partial charge is 0.447 e. The summed E-state index contributed by atoms with van der Waals surface area (Å²) < 4.78 is 10.2. The van der Waals surface area contributed by atoms with Crippen LogP contribution in [0.3, 0.4) is 0 Å². The van der Waals surface area contributed by atoms with Gasteiger partial charge in [-0.05, 0) is 30.0 Å². The fourth-order valence-electron chi connectivity index (χ4n) is 3.14. The average molecular weight is 285 g/mol. The van der Waals surface area contributed by atoms with E-state index in [2.05, 4.69) is 21.5 Å². The summed E-state index contributed by atoms with van der Waals surface area (Å²) in [6.45, 7) is 2.38. The van der Waals surface area contributed by atoms with Crippen molar-refractivity contribution in [1.29, 1.82) is 0 Å². The van der Waals surface area contributed by atoms with E-state index in [1.54, 1.807) is 0 Å². The van der Waals surface area contributed by atoms with Crippen molar-refractivity contribution in [3.05, 3.63) is 35.2 Å². The third-order valence-electron chi connectivity index (χ3n) is 4.26. The number of hydrogen-bond acceptors (Lipinski definition) is 5. The van der Waals surface area contributed by atoms with Gasteiger partial charge in [0, 0.05) is 12.0 Å². The molecule has 1 aliphatic heterocycles. The minimum absolute atomic E-state index is 0.335. The smallest absolute Gasteiger partial charge is 0.408 e. The van der Waals surface area contributed by atoms with Gasteiger partial charge in [0.25, 0.3) is 0 Å². The van der Waals surface area contributed by atoms with Crippen LogP contribution in [-0.4, -0.2) is 22.8 Å². The molecule has 1 aliphatic carbocycles. The highest BCUT2D eigenvalue weighted by molar-refractivity contribution is 5.72. The van der Waals surface area contributed by atoms with Crippen LogP contribution in [0.15, 0.2) is 22.7 Å². The topological polar surface area (TPSA) is 77.2 Å². The first-order chi connectivity index (χ1) is 10.2. The molecule has 6 heteroatoms. The number of alkyl carbamates (subject to hydrolysis) is 1. The van der Waals surface area contributed by atoms with Gasteiger partial charge in [-0.2, -0.15) is 4.98 Å². The first-order valence-corrected chi connectivity index (χ1v) is 7.11. The zero-order valence-corrected chi connectivity index (χ0v) is 11.7. The second kappa shape index (κ2) is 4.31. The van der Waals surface area contributed by atoms with Gasteiger partial charge in [0.05, 0.1) is 0 Å². The highest BCUT2D eigenvalue weighted by atomic mass is 16.6. The van der Waals surface area contributed by atoms with Crippen molar-refractivity contribution in [3.8, 4) is 11.4 Å². The van der Waals surface area contributed by atoms with E-state index in [4.69, 9.17) is 9.26 Å². The molecule has 21 heavy (non-hydrogen) atoms. The number of nitrogens with one attached hydrogen (secondary N) is 1. The van der Waals surface area contributed by atoms with E-state index in [-0.39, 0.29) is 11.6 Å². The van der Waals surface area contributed by atoms with Crippen molar-refractivity contribution in [2.24, 2.45) is 0 Å². The number of aromatic nitrogens is 2. The highest BCUT2D eigenvalue weighted by Gasteiger charge is 2.45. The van der Waals surface area contributed by atoms with Crippen molar-refractivity contribution in [2.75, 3.05) is 6.61 Å². The van der Waals surface area contributed by atoms with E-state index >= 15 is 0 Å². The Kier molecular flexibility index (Phi) is 2.54. The molecule has 1 fully saturated rings. The van der Waals surface area contributed by atoms with E-state index in [0.29, 0.717) is 18.3 Å². The number of fused-ring (bicyclic) bond motifs is 2. The van der Waals surface area contributed by atoms with Gasteiger partial charge >= 0.3 is 6.09 Å². The quantitative estimate of drug-likeness (QED) is 0.915. The molecule has 0 radical (unpaired) electrons. The van der Waals surface area contributed by atoms with Crippen LogP contribution in [0.2, 0.25) is 0 Å². The van der Waals surface area contributed by atoms with E-state index in [0.717, 1.165) is 30.4 Å². The van der Waals surface area contributed by atoms with Crippen molar-refractivity contribution in [2.45, 2.75) is 31.7 Å². The number of aryl methyl sites for hydroxylation is 2. The van der Waals surface area contributed by atoms with Gasteiger partial charge in [0.2, 0.25) is 11.7 Å². The van der Waals surface area contributed by atoms with Gasteiger partial charge in [-0.3, -0.25) is 0 Å². The second-order valence-corrected chi connectivity index (χ2v) is 5.52. The Morgan fingerprint density at radius 1 is 1.43 bits per heavy atom. The van der Waals surface area contributed by atoms with Gasteiger partial charge in [-0.25, -0.2) is 4.79 Å². The van der Waals surface area contributed by atoms with E-state index in [1.807, 2.05) is 19.1 Å². The molecule has 1 aromatic heterocycles. The lowest BCUT2D eigenvalue weighted by molar-refractivity contribution is 0.172. The Morgan fingerprint density at radius 3 is 3.05 bits per heavy atom. The van der Waals surface area contributed by atoms with Crippen molar-refractivity contribution >= 4 is 6.09 Å². The molecule has 6 nitrogen and oxygen atoms in total. The van der Waals surface area contributed by atoms with Crippen LogP contribution in [0.25, 0.3) is 11.4 Å². The summed E-state index contributed by atoms with van der Waals surface area (Å²) in [5, 5.41) is 6.95. The molecule has 1 N–H and O–H groups in total. The first kappa shape index (κ1) is 12.4. The van der Waals surface area contributed by atoms with Crippen molar-refractivity contribution in [1.82, 2.24) is 15.5 Å². The number of amides is 1. The number of nitrogens with zero attached hydrogens (tertiary/aromatic N) is 2. The predicted molar refractivity (Wildman–Crippen MR) is 73.6 cm³/mol. The maximum absolute atomic E-state index is 11.4.